The van der Waals surface area contributed by atoms with Crippen LogP contribution in [0.2, 0.25) is 5.15 Å². The van der Waals surface area contributed by atoms with Crippen molar-refractivity contribution in [2.45, 2.75) is 11.4 Å². The van der Waals surface area contributed by atoms with Crippen LogP contribution in [0.15, 0.2) is 47.5 Å². The molecule has 0 saturated carbocycles. The summed E-state index contributed by atoms with van der Waals surface area (Å²) in [6.45, 7) is 0.734. The Morgan fingerprint density at radius 3 is 2.62 bits per heavy atom. The second-order valence-corrected chi connectivity index (χ2v) is 6.93. The summed E-state index contributed by atoms with van der Waals surface area (Å²) in [4.78, 5) is 5.87. The zero-order chi connectivity index (χ0) is 15.5. The fourth-order valence-corrected chi connectivity index (χ4v) is 2.94. The molecule has 7 heteroatoms. The zero-order valence-corrected chi connectivity index (χ0v) is 13.3. The number of sulfonamides is 1. The molecule has 2 aromatic rings. The predicted octanol–water partition coefficient (Wildman–Crippen LogP) is 2.60. The van der Waals surface area contributed by atoms with Crippen molar-refractivity contribution < 1.29 is 8.42 Å². The number of pyridine rings is 1. The van der Waals surface area contributed by atoms with Gasteiger partial charge in [-0.2, -0.15) is 0 Å². The molecule has 0 spiro atoms. The fourth-order valence-electron chi connectivity index (χ4n) is 1.83. The van der Waals surface area contributed by atoms with Crippen molar-refractivity contribution in [3.8, 4) is 0 Å². The molecule has 21 heavy (non-hydrogen) atoms. The molecule has 0 aliphatic heterocycles. The lowest BCUT2D eigenvalue weighted by Crippen LogP contribution is -2.14. The van der Waals surface area contributed by atoms with E-state index in [1.807, 2.05) is 31.1 Å². The van der Waals surface area contributed by atoms with E-state index in [-0.39, 0.29) is 10.0 Å². The molecular formula is C14H16ClN3O2S. The lowest BCUT2D eigenvalue weighted by atomic mass is 10.2. The SMILES string of the molecule is CN(C)Cc1cccc(NS(=O)(=O)c2ccc(Cl)nc2)c1. The Labute approximate surface area is 129 Å². The topological polar surface area (TPSA) is 62.3 Å². The Kier molecular flexibility index (Phi) is 4.82. The van der Waals surface area contributed by atoms with Crippen LogP contribution in [0, 0.1) is 0 Å². The second-order valence-electron chi connectivity index (χ2n) is 4.86. The lowest BCUT2D eigenvalue weighted by Gasteiger charge is -2.12. The number of hydrogen-bond acceptors (Lipinski definition) is 4. The molecule has 1 heterocycles. The third kappa shape index (κ3) is 4.42. The predicted molar refractivity (Wildman–Crippen MR) is 83.9 cm³/mol. The normalized spacial score (nSPS) is 11.6. The van der Waals surface area contributed by atoms with Crippen LogP contribution in [0.4, 0.5) is 5.69 Å². The molecule has 2 rings (SSSR count). The van der Waals surface area contributed by atoms with E-state index in [1.165, 1.54) is 18.3 Å². The van der Waals surface area contributed by atoms with Crippen LogP contribution in [0.1, 0.15) is 5.56 Å². The first-order chi connectivity index (χ1) is 9.87. The molecule has 0 unspecified atom stereocenters. The molecular weight excluding hydrogens is 310 g/mol. The Hall–Kier alpha value is -1.63. The second kappa shape index (κ2) is 6.43. The summed E-state index contributed by atoms with van der Waals surface area (Å²) in [5.41, 5.74) is 1.54. The minimum absolute atomic E-state index is 0.0740. The molecule has 1 aromatic carbocycles. The number of aromatic nitrogens is 1. The van der Waals surface area contributed by atoms with Crippen molar-refractivity contribution in [1.29, 1.82) is 0 Å². The summed E-state index contributed by atoms with van der Waals surface area (Å²) in [6, 6.07) is 10.1. The van der Waals surface area contributed by atoms with Gasteiger partial charge in [0, 0.05) is 18.4 Å². The standard InChI is InChI=1S/C14H16ClN3O2S/c1-18(2)10-11-4-3-5-12(8-11)17-21(19,20)13-6-7-14(15)16-9-13/h3-9,17H,10H2,1-2H3. The van der Waals surface area contributed by atoms with Gasteiger partial charge in [0.05, 0.1) is 0 Å². The zero-order valence-electron chi connectivity index (χ0n) is 11.7. The molecule has 0 fully saturated rings. The number of benzene rings is 1. The molecule has 1 aromatic heterocycles. The Balaban J connectivity index is 2.22. The van der Waals surface area contributed by atoms with Gasteiger partial charge >= 0.3 is 0 Å². The van der Waals surface area contributed by atoms with E-state index in [4.69, 9.17) is 11.6 Å². The van der Waals surface area contributed by atoms with E-state index in [1.54, 1.807) is 12.1 Å². The molecule has 0 bridgehead atoms. The number of rotatable bonds is 5. The monoisotopic (exact) mass is 325 g/mol. The molecule has 112 valence electrons. The third-order valence-electron chi connectivity index (χ3n) is 2.69. The minimum atomic E-state index is -3.66. The van der Waals surface area contributed by atoms with E-state index < -0.39 is 10.0 Å². The average Bonchev–Trinajstić information content (AvgIpc) is 2.38. The summed E-state index contributed by atoms with van der Waals surface area (Å²) in [7, 11) is 0.249. The van der Waals surface area contributed by atoms with Gasteiger partial charge in [0.1, 0.15) is 10.0 Å². The third-order valence-corrected chi connectivity index (χ3v) is 4.28. The number of nitrogens with zero attached hydrogens (tertiary/aromatic N) is 2. The van der Waals surface area contributed by atoms with E-state index in [2.05, 4.69) is 9.71 Å². The number of nitrogens with one attached hydrogen (secondary N) is 1. The van der Waals surface area contributed by atoms with Gasteiger partial charge in [0.15, 0.2) is 0 Å². The van der Waals surface area contributed by atoms with Crippen molar-refractivity contribution in [1.82, 2.24) is 9.88 Å². The van der Waals surface area contributed by atoms with Crippen molar-refractivity contribution >= 4 is 27.3 Å². The van der Waals surface area contributed by atoms with Gasteiger partial charge in [0.25, 0.3) is 10.0 Å². The molecule has 0 amide bonds. The van der Waals surface area contributed by atoms with Crippen LogP contribution in [0.3, 0.4) is 0 Å². The lowest BCUT2D eigenvalue weighted by molar-refractivity contribution is 0.402. The molecule has 5 nitrogen and oxygen atoms in total. The van der Waals surface area contributed by atoms with E-state index in [0.29, 0.717) is 5.69 Å². The maximum absolute atomic E-state index is 12.2. The van der Waals surface area contributed by atoms with Crippen LogP contribution in [-0.2, 0) is 16.6 Å². The van der Waals surface area contributed by atoms with Crippen molar-refractivity contribution in [3.63, 3.8) is 0 Å². The molecule has 1 N–H and O–H groups in total. The van der Waals surface area contributed by atoms with Gasteiger partial charge in [-0.15, -0.1) is 0 Å². The van der Waals surface area contributed by atoms with E-state index >= 15 is 0 Å². The first kappa shape index (κ1) is 15.8. The van der Waals surface area contributed by atoms with Gasteiger partial charge in [-0.1, -0.05) is 23.7 Å². The highest BCUT2D eigenvalue weighted by molar-refractivity contribution is 7.92. The maximum Gasteiger partial charge on any atom is 0.263 e. The van der Waals surface area contributed by atoms with E-state index in [0.717, 1.165) is 12.1 Å². The largest absolute Gasteiger partial charge is 0.305 e. The Morgan fingerprint density at radius 1 is 1.24 bits per heavy atom. The number of anilines is 1. The molecule has 0 aliphatic carbocycles. The maximum atomic E-state index is 12.2. The summed E-state index contributed by atoms with van der Waals surface area (Å²) >= 11 is 5.66. The number of halogens is 1. The fraction of sp³-hybridized carbons (Fsp3) is 0.214. The van der Waals surface area contributed by atoms with Crippen LogP contribution in [-0.4, -0.2) is 32.4 Å². The summed E-state index contributed by atoms with van der Waals surface area (Å²) in [6.07, 6.45) is 1.23. The summed E-state index contributed by atoms with van der Waals surface area (Å²) in [5.74, 6) is 0. The van der Waals surface area contributed by atoms with Gasteiger partial charge in [-0.05, 0) is 43.9 Å². The summed E-state index contributed by atoms with van der Waals surface area (Å²) < 4.78 is 27.0. The number of hydrogen-bond donors (Lipinski definition) is 1. The highest BCUT2D eigenvalue weighted by Gasteiger charge is 2.14. The quantitative estimate of drug-likeness (QED) is 0.858. The van der Waals surface area contributed by atoms with Crippen LogP contribution in [0.5, 0.6) is 0 Å². The Bertz CT molecular complexity index is 715. The van der Waals surface area contributed by atoms with Crippen LogP contribution in [0.25, 0.3) is 0 Å². The van der Waals surface area contributed by atoms with Crippen LogP contribution >= 0.6 is 11.6 Å². The summed E-state index contributed by atoms with van der Waals surface area (Å²) in [5, 5.41) is 0.252. The highest BCUT2D eigenvalue weighted by Crippen LogP contribution is 2.18. The Morgan fingerprint density at radius 2 is 2.00 bits per heavy atom. The highest BCUT2D eigenvalue weighted by atomic mass is 35.5. The van der Waals surface area contributed by atoms with Gasteiger partial charge in [-0.3, -0.25) is 4.72 Å². The molecule has 0 saturated heterocycles. The minimum Gasteiger partial charge on any atom is -0.305 e. The van der Waals surface area contributed by atoms with Crippen molar-refractivity contribution in [3.05, 3.63) is 53.3 Å². The molecule has 0 aliphatic rings. The van der Waals surface area contributed by atoms with Crippen molar-refractivity contribution in [2.24, 2.45) is 0 Å². The van der Waals surface area contributed by atoms with Gasteiger partial charge in [0.2, 0.25) is 0 Å². The van der Waals surface area contributed by atoms with Crippen LogP contribution < -0.4 is 4.72 Å². The van der Waals surface area contributed by atoms with Gasteiger partial charge < -0.3 is 4.90 Å². The van der Waals surface area contributed by atoms with Crippen molar-refractivity contribution in [2.75, 3.05) is 18.8 Å². The smallest absolute Gasteiger partial charge is 0.263 e. The van der Waals surface area contributed by atoms with E-state index in [9.17, 15) is 8.42 Å². The first-order valence-corrected chi connectivity index (χ1v) is 8.11. The molecule has 0 radical (unpaired) electrons. The average molecular weight is 326 g/mol. The van der Waals surface area contributed by atoms with Gasteiger partial charge in [-0.25, -0.2) is 13.4 Å². The molecule has 0 atom stereocenters. The first-order valence-electron chi connectivity index (χ1n) is 6.25.